The number of hydrogen-bond acceptors (Lipinski definition) is 19. The third-order valence-corrected chi connectivity index (χ3v) is 23.4. The van der Waals surface area contributed by atoms with Crippen LogP contribution in [0.2, 0.25) is 0 Å². The van der Waals surface area contributed by atoms with E-state index in [0.717, 1.165) is 237 Å². The van der Waals surface area contributed by atoms with Crippen molar-refractivity contribution in [1.82, 2.24) is 49.8 Å². The third-order valence-electron chi connectivity index (χ3n) is 23.4. The van der Waals surface area contributed by atoms with E-state index in [9.17, 15) is 47.1 Å². The Morgan fingerprint density at radius 3 is 1.26 bits per heavy atom. The molecule has 6 fully saturated rings. The van der Waals surface area contributed by atoms with E-state index in [0.29, 0.717) is 67.6 Å². The first-order chi connectivity index (χ1) is 57.8. The summed E-state index contributed by atoms with van der Waals surface area (Å²) >= 11 is 0. The van der Waals surface area contributed by atoms with Crippen LogP contribution in [0.4, 0.5) is 29.7 Å². The van der Waals surface area contributed by atoms with E-state index < -0.39 is 41.5 Å². The zero-order valence-corrected chi connectivity index (χ0v) is 69.2. The average Bonchev–Trinajstić information content (AvgIpc) is 0.763. The minimum Gasteiger partial charge on any atom is -0.496 e. The summed E-state index contributed by atoms with van der Waals surface area (Å²) in [4.78, 5) is 115. The van der Waals surface area contributed by atoms with E-state index in [2.05, 4.69) is 68.5 Å². The summed E-state index contributed by atoms with van der Waals surface area (Å²) in [6.45, 7) is 14.7. The maximum atomic E-state index is 14.7. The Balaban J connectivity index is 0.000000187. The molecule has 27 nitrogen and oxygen atoms in total. The molecule has 0 saturated carbocycles. The van der Waals surface area contributed by atoms with Crippen LogP contribution in [0.3, 0.4) is 0 Å². The normalized spacial score (nSPS) is 16.9. The number of amides is 7. The van der Waals surface area contributed by atoms with Gasteiger partial charge in [0, 0.05) is 156 Å². The number of benzene rings is 4. The number of unbranched alkanes of at least 4 members (excludes halogenated alkanes) is 6. The predicted molar refractivity (Wildman–Crippen MR) is 451 cm³/mol. The molecule has 636 valence electrons. The highest BCUT2D eigenvalue weighted by Crippen LogP contribution is 2.41. The number of fused-ring (bicyclic) bond motifs is 2. The van der Waals surface area contributed by atoms with Crippen LogP contribution in [-0.4, -0.2) is 206 Å². The molecule has 0 aliphatic carbocycles. The molecule has 6 saturated heterocycles. The number of carbonyl (C=O) groups is 6. The van der Waals surface area contributed by atoms with Crippen LogP contribution >= 0.6 is 0 Å². The molecule has 14 rings (SSSR count). The number of carbonyl (C=O) groups excluding carboxylic acids is 5. The number of aromatic carboxylic acids is 1. The third kappa shape index (κ3) is 22.2. The smallest absolute Gasteiger partial charge is 0.335 e. The Kier molecular flexibility index (Phi) is 31.1. The Hall–Kier alpha value is -10.7. The molecule has 119 heavy (non-hydrogen) atoms. The molecule has 7 amide bonds. The Bertz CT molecular complexity index is 4960. The number of piperidine rings is 4. The SMILES string of the molecule is CCCCCCn1cc(-c2cc(OC)c(CCN3CCC(OC4CCN(C(=O)c5ccc(F)c(N6CCC(=O)NC6=O)c5)CC4)CC3)c(OC)c2)c2ccncc2c1=O.CCCCCCn1cc(-c2cc(OC)c(CCN3CCC(OC4CCNCC4)CC3)c(OC)c2)c2ccncc2c1=O.O=C1CCN(c2cc(C(=O)O)ccc2F)C(=O)N1. The molecule has 4 aromatic heterocycles. The maximum absolute atomic E-state index is 14.7. The number of ether oxygens (including phenoxy) is 6. The van der Waals surface area contributed by atoms with Gasteiger partial charge in [0.1, 0.15) is 34.6 Å². The zero-order valence-electron chi connectivity index (χ0n) is 69.2. The lowest BCUT2D eigenvalue weighted by atomic mass is 9.97. The first-order valence-electron chi connectivity index (χ1n) is 42.0. The molecular formula is C90H112F2N12O15. The number of imide groups is 2. The first-order valence-corrected chi connectivity index (χ1v) is 42.0. The Morgan fingerprint density at radius 1 is 0.471 bits per heavy atom. The predicted octanol–water partition coefficient (Wildman–Crippen LogP) is 13.0. The molecule has 0 spiro atoms. The van der Waals surface area contributed by atoms with Crippen molar-refractivity contribution < 1.29 is 71.1 Å². The molecule has 10 heterocycles. The molecule has 0 radical (unpaired) electrons. The van der Waals surface area contributed by atoms with Gasteiger partial charge in [-0.3, -0.25) is 54.4 Å². The molecule has 6 aliphatic heterocycles. The number of carboxylic acids is 1. The number of carboxylic acid groups (broad SMARTS) is 1. The molecular weight excluding hydrogens is 1530 g/mol. The number of halogens is 2. The van der Waals surface area contributed by atoms with Gasteiger partial charge >= 0.3 is 18.0 Å². The number of nitrogens with one attached hydrogen (secondary N) is 3. The second-order valence-electron chi connectivity index (χ2n) is 31.2. The Labute approximate surface area is 692 Å². The van der Waals surface area contributed by atoms with Crippen molar-refractivity contribution in [2.75, 3.05) is 117 Å². The van der Waals surface area contributed by atoms with Gasteiger partial charge in [0.2, 0.25) is 11.8 Å². The van der Waals surface area contributed by atoms with Crippen LogP contribution < -0.4 is 55.8 Å². The summed E-state index contributed by atoms with van der Waals surface area (Å²) in [6.07, 6.45) is 29.9. The summed E-state index contributed by atoms with van der Waals surface area (Å²) in [5, 5.41) is 19.4. The zero-order chi connectivity index (χ0) is 84.1. The fraction of sp³-hybridized carbons (Fsp3) is 0.489. The minimum absolute atomic E-state index is 0.0128. The highest BCUT2D eigenvalue weighted by Gasteiger charge is 2.34. The number of methoxy groups -OCH3 is 4. The highest BCUT2D eigenvalue weighted by molar-refractivity contribution is 6.07. The highest BCUT2D eigenvalue weighted by atomic mass is 19.1. The largest absolute Gasteiger partial charge is 0.496 e. The summed E-state index contributed by atoms with van der Waals surface area (Å²) < 4.78 is 68.8. The van der Waals surface area contributed by atoms with Gasteiger partial charge in [-0.25, -0.2) is 23.2 Å². The fourth-order valence-electron chi connectivity index (χ4n) is 16.7. The lowest BCUT2D eigenvalue weighted by molar-refractivity contribution is -0.121. The van der Waals surface area contributed by atoms with Gasteiger partial charge in [-0.05, 0) is 185 Å². The standard InChI is InChI=1S/C45H55FN6O7.C34H48N4O4.C11H9FN2O4/c1-4-5-6-7-18-51-29-37(34-10-17-47-28-36(34)44(51)55)31-26-40(57-2)35(41(27-31)58-3)15-21-49-19-11-32(12-20-49)59-33-13-22-50(23-14-33)43(54)30-8-9-38(46)39(25-30)52-24-16-42(53)48-45(52)56;1-4-5-6-7-17-38-24-31(28-10-16-36-23-30(28)34(38)39)25-21-32(40-2)29(33(22-25)41-3)13-20-37-18-11-27(12-19-37)42-26-8-14-35-15-9-26;12-7-2-1-6(10(16)17)5-8(7)14-4-3-9(15)13-11(14)18/h8-10,17,25-29,32-33H,4-7,11-16,18-24H2,1-3H3,(H,48,53,56);10,16,21-24,26-27,35H,4-9,11-15,17-20H2,1-3H3;1-2,5H,3-4H2,(H,16,17)(H,13,15,18). The monoisotopic (exact) mass is 1640 g/mol. The topological polar surface area (TPSA) is 300 Å². The van der Waals surface area contributed by atoms with Gasteiger partial charge in [-0.1, -0.05) is 52.4 Å². The van der Waals surface area contributed by atoms with Crippen molar-refractivity contribution in [2.24, 2.45) is 0 Å². The summed E-state index contributed by atoms with van der Waals surface area (Å²) in [7, 11) is 6.82. The molecule has 0 unspecified atom stereocenters. The van der Waals surface area contributed by atoms with Crippen LogP contribution in [0.15, 0.2) is 120 Å². The summed E-state index contributed by atoms with van der Waals surface area (Å²) in [5.74, 6) is -0.507. The molecule has 4 N–H and O–H groups in total. The lowest BCUT2D eigenvalue weighted by Gasteiger charge is -2.37. The van der Waals surface area contributed by atoms with Gasteiger partial charge in [-0.15, -0.1) is 0 Å². The van der Waals surface area contributed by atoms with Crippen molar-refractivity contribution >= 4 is 68.7 Å². The van der Waals surface area contributed by atoms with Gasteiger partial charge < -0.3 is 62.7 Å². The van der Waals surface area contributed by atoms with Crippen LogP contribution in [0, 0.1) is 11.6 Å². The molecule has 6 aliphatic rings. The van der Waals surface area contributed by atoms with E-state index in [-0.39, 0.29) is 72.1 Å². The van der Waals surface area contributed by atoms with Crippen molar-refractivity contribution in [3.8, 4) is 45.3 Å². The second-order valence-corrected chi connectivity index (χ2v) is 31.2. The van der Waals surface area contributed by atoms with Gasteiger partial charge in [0.15, 0.2) is 0 Å². The van der Waals surface area contributed by atoms with E-state index in [1.165, 1.54) is 31.0 Å². The van der Waals surface area contributed by atoms with Crippen LogP contribution in [0.25, 0.3) is 43.8 Å². The molecule has 29 heteroatoms. The number of urea groups is 2. The van der Waals surface area contributed by atoms with Crippen molar-refractivity contribution in [2.45, 2.75) is 180 Å². The second kappa shape index (κ2) is 42.3. The molecule has 0 atom stereocenters. The number of aryl methyl sites for hydroxylation is 2. The number of aromatic nitrogens is 4. The lowest BCUT2D eigenvalue weighted by Crippen LogP contribution is -2.50. The number of anilines is 2. The number of nitrogens with zero attached hydrogens (tertiary/aromatic N) is 9. The molecule has 4 aromatic carbocycles. The number of rotatable bonds is 30. The van der Waals surface area contributed by atoms with E-state index in [1.54, 1.807) is 58.1 Å². The first kappa shape index (κ1) is 87.6. The number of hydrogen-bond donors (Lipinski definition) is 4. The summed E-state index contributed by atoms with van der Waals surface area (Å²) in [6, 6.07) is 17.8. The van der Waals surface area contributed by atoms with E-state index in [4.69, 9.17) is 33.5 Å². The van der Waals surface area contributed by atoms with E-state index in [1.807, 2.05) is 39.0 Å². The minimum atomic E-state index is -1.22. The fourth-order valence-corrected chi connectivity index (χ4v) is 16.7. The van der Waals surface area contributed by atoms with Crippen LogP contribution in [0.5, 0.6) is 23.0 Å². The van der Waals surface area contributed by atoms with Crippen LogP contribution in [0.1, 0.15) is 161 Å². The van der Waals surface area contributed by atoms with E-state index >= 15 is 0 Å². The van der Waals surface area contributed by atoms with Crippen molar-refractivity contribution in [1.29, 1.82) is 0 Å². The van der Waals surface area contributed by atoms with Gasteiger partial charge in [-0.2, -0.15) is 0 Å². The van der Waals surface area contributed by atoms with Gasteiger partial charge in [0.25, 0.3) is 17.0 Å². The van der Waals surface area contributed by atoms with Crippen LogP contribution in [-0.2, 0) is 45.0 Å². The molecule has 0 bridgehead atoms. The summed E-state index contributed by atoms with van der Waals surface area (Å²) in [5.41, 5.74) is 5.89. The maximum Gasteiger partial charge on any atom is 0.335 e. The number of likely N-dealkylation sites (tertiary alicyclic amines) is 3. The quantitative estimate of drug-likeness (QED) is 0.0304. The van der Waals surface area contributed by atoms with Gasteiger partial charge in [0.05, 0.1) is 80.6 Å². The molecule has 8 aromatic rings. The van der Waals surface area contributed by atoms with Crippen molar-refractivity contribution in [3.05, 3.63) is 165 Å². The van der Waals surface area contributed by atoms with Crippen molar-refractivity contribution in [3.63, 3.8) is 0 Å². The average molecular weight is 1640 g/mol. The number of pyridine rings is 4. The Morgan fingerprint density at radius 2 is 0.866 bits per heavy atom.